The molecule has 2 aromatic carbocycles. The van der Waals surface area contributed by atoms with Gasteiger partial charge in [0.05, 0.1) is 6.61 Å². The minimum Gasteiger partial charge on any atom is -0.491 e. The third-order valence-electron chi connectivity index (χ3n) is 3.00. The lowest BCUT2D eigenvalue weighted by atomic mass is 10.2. The second kappa shape index (κ2) is 8.55. The van der Waals surface area contributed by atoms with Gasteiger partial charge in [-0.05, 0) is 42.8 Å². The predicted octanol–water partition coefficient (Wildman–Crippen LogP) is 4.37. The zero-order valence-corrected chi connectivity index (χ0v) is 12.9. The van der Waals surface area contributed by atoms with Gasteiger partial charge < -0.3 is 14.8 Å². The SMILES string of the molecule is CCOCCOc1ccc(NCc2ccccc2Cl)cc1. The third-order valence-corrected chi connectivity index (χ3v) is 3.36. The molecule has 0 atom stereocenters. The van der Waals surface area contributed by atoms with Crippen molar-refractivity contribution < 1.29 is 9.47 Å². The second-order valence-corrected chi connectivity index (χ2v) is 4.92. The zero-order valence-electron chi connectivity index (χ0n) is 12.1. The first-order valence-corrected chi connectivity index (χ1v) is 7.45. The highest BCUT2D eigenvalue weighted by atomic mass is 35.5. The number of ether oxygens (including phenoxy) is 2. The molecule has 0 amide bonds. The van der Waals surface area contributed by atoms with Crippen LogP contribution >= 0.6 is 11.6 Å². The van der Waals surface area contributed by atoms with Crippen LogP contribution in [0.3, 0.4) is 0 Å². The average Bonchev–Trinajstić information content (AvgIpc) is 2.52. The van der Waals surface area contributed by atoms with E-state index in [2.05, 4.69) is 5.32 Å². The van der Waals surface area contributed by atoms with E-state index in [1.165, 1.54) is 0 Å². The summed E-state index contributed by atoms with van der Waals surface area (Å²) in [7, 11) is 0. The summed E-state index contributed by atoms with van der Waals surface area (Å²) in [6, 6.07) is 15.7. The van der Waals surface area contributed by atoms with Crippen LogP contribution < -0.4 is 10.1 Å². The third kappa shape index (κ3) is 5.29. The van der Waals surface area contributed by atoms with Gasteiger partial charge in [-0.2, -0.15) is 0 Å². The van der Waals surface area contributed by atoms with Crippen molar-refractivity contribution in [3.8, 4) is 5.75 Å². The van der Waals surface area contributed by atoms with Crippen molar-refractivity contribution in [2.45, 2.75) is 13.5 Å². The van der Waals surface area contributed by atoms with Gasteiger partial charge in [0.25, 0.3) is 0 Å². The van der Waals surface area contributed by atoms with E-state index in [4.69, 9.17) is 21.1 Å². The lowest BCUT2D eigenvalue weighted by Crippen LogP contribution is -2.06. The molecule has 3 nitrogen and oxygen atoms in total. The molecular weight excluding hydrogens is 286 g/mol. The maximum atomic E-state index is 6.13. The van der Waals surface area contributed by atoms with Gasteiger partial charge in [-0.3, -0.25) is 0 Å². The molecule has 0 aliphatic carbocycles. The summed E-state index contributed by atoms with van der Waals surface area (Å²) in [4.78, 5) is 0. The number of nitrogens with one attached hydrogen (secondary N) is 1. The van der Waals surface area contributed by atoms with Crippen molar-refractivity contribution in [1.29, 1.82) is 0 Å². The highest BCUT2D eigenvalue weighted by Gasteiger charge is 1.99. The zero-order chi connectivity index (χ0) is 14.9. The van der Waals surface area contributed by atoms with Gasteiger partial charge in [-0.1, -0.05) is 29.8 Å². The molecule has 0 aromatic heterocycles. The first-order chi connectivity index (χ1) is 10.3. The van der Waals surface area contributed by atoms with E-state index in [1.807, 2.05) is 55.5 Å². The number of benzene rings is 2. The molecule has 2 aromatic rings. The van der Waals surface area contributed by atoms with E-state index < -0.39 is 0 Å². The van der Waals surface area contributed by atoms with E-state index >= 15 is 0 Å². The van der Waals surface area contributed by atoms with Crippen LogP contribution in [0.1, 0.15) is 12.5 Å². The van der Waals surface area contributed by atoms with Crippen LogP contribution in [0.2, 0.25) is 5.02 Å². The molecule has 0 heterocycles. The van der Waals surface area contributed by atoms with Gasteiger partial charge >= 0.3 is 0 Å². The average molecular weight is 306 g/mol. The Morgan fingerprint density at radius 3 is 2.48 bits per heavy atom. The van der Waals surface area contributed by atoms with Gasteiger partial charge in [0.15, 0.2) is 0 Å². The quantitative estimate of drug-likeness (QED) is 0.735. The molecule has 0 unspecified atom stereocenters. The van der Waals surface area contributed by atoms with Crippen LogP contribution in [-0.4, -0.2) is 19.8 Å². The van der Waals surface area contributed by atoms with Crippen molar-refractivity contribution in [1.82, 2.24) is 0 Å². The predicted molar refractivity (Wildman–Crippen MR) is 87.2 cm³/mol. The fraction of sp³-hybridized carbons (Fsp3) is 0.294. The monoisotopic (exact) mass is 305 g/mol. The van der Waals surface area contributed by atoms with Crippen LogP contribution in [0.15, 0.2) is 48.5 Å². The van der Waals surface area contributed by atoms with Crippen LogP contribution in [-0.2, 0) is 11.3 Å². The van der Waals surface area contributed by atoms with E-state index in [-0.39, 0.29) is 0 Å². The molecule has 0 bridgehead atoms. The highest BCUT2D eigenvalue weighted by Crippen LogP contribution is 2.19. The summed E-state index contributed by atoms with van der Waals surface area (Å²) in [6.45, 7) is 4.57. The van der Waals surface area contributed by atoms with Gasteiger partial charge in [0, 0.05) is 23.9 Å². The first-order valence-electron chi connectivity index (χ1n) is 7.07. The Hall–Kier alpha value is -1.71. The lowest BCUT2D eigenvalue weighted by Gasteiger charge is -2.10. The number of halogens is 1. The lowest BCUT2D eigenvalue weighted by molar-refractivity contribution is 0.110. The van der Waals surface area contributed by atoms with Crippen molar-refractivity contribution in [2.75, 3.05) is 25.1 Å². The Kier molecular flexibility index (Phi) is 6.38. The van der Waals surface area contributed by atoms with E-state index in [9.17, 15) is 0 Å². The van der Waals surface area contributed by atoms with Crippen LogP contribution in [0.4, 0.5) is 5.69 Å². The van der Waals surface area contributed by atoms with Crippen LogP contribution in [0.5, 0.6) is 5.75 Å². The number of anilines is 1. The molecular formula is C17H20ClNO2. The topological polar surface area (TPSA) is 30.5 Å². The maximum Gasteiger partial charge on any atom is 0.119 e. The molecule has 4 heteroatoms. The van der Waals surface area contributed by atoms with Gasteiger partial charge in [0.2, 0.25) is 0 Å². The summed E-state index contributed by atoms with van der Waals surface area (Å²) in [5.41, 5.74) is 2.11. The van der Waals surface area contributed by atoms with Gasteiger partial charge in [-0.15, -0.1) is 0 Å². The van der Waals surface area contributed by atoms with Crippen molar-refractivity contribution in [3.63, 3.8) is 0 Å². The fourth-order valence-corrected chi connectivity index (χ4v) is 2.07. The Morgan fingerprint density at radius 2 is 1.76 bits per heavy atom. The molecule has 0 radical (unpaired) electrons. The fourth-order valence-electron chi connectivity index (χ4n) is 1.87. The molecule has 0 saturated heterocycles. The first kappa shape index (κ1) is 15.7. The molecule has 0 spiro atoms. The van der Waals surface area contributed by atoms with Crippen molar-refractivity contribution >= 4 is 17.3 Å². The maximum absolute atomic E-state index is 6.13. The minimum atomic E-state index is 0.570. The minimum absolute atomic E-state index is 0.570. The van der Waals surface area contributed by atoms with Crippen LogP contribution in [0.25, 0.3) is 0 Å². The van der Waals surface area contributed by atoms with E-state index in [0.29, 0.717) is 26.4 Å². The Balaban J connectivity index is 1.81. The molecule has 21 heavy (non-hydrogen) atoms. The second-order valence-electron chi connectivity index (χ2n) is 4.51. The van der Waals surface area contributed by atoms with E-state index in [0.717, 1.165) is 22.0 Å². The molecule has 0 aliphatic rings. The normalized spacial score (nSPS) is 10.4. The molecule has 0 saturated carbocycles. The Bertz CT molecular complexity index is 543. The molecule has 112 valence electrons. The molecule has 0 fully saturated rings. The van der Waals surface area contributed by atoms with Crippen molar-refractivity contribution in [2.24, 2.45) is 0 Å². The summed E-state index contributed by atoms with van der Waals surface area (Å²) in [5.74, 6) is 0.845. The number of hydrogen-bond acceptors (Lipinski definition) is 3. The number of rotatable bonds is 8. The van der Waals surface area contributed by atoms with Gasteiger partial charge in [0.1, 0.15) is 12.4 Å². The summed E-state index contributed by atoms with van der Waals surface area (Å²) >= 11 is 6.13. The van der Waals surface area contributed by atoms with E-state index in [1.54, 1.807) is 0 Å². The van der Waals surface area contributed by atoms with Crippen molar-refractivity contribution in [3.05, 3.63) is 59.1 Å². The van der Waals surface area contributed by atoms with Crippen LogP contribution in [0, 0.1) is 0 Å². The largest absolute Gasteiger partial charge is 0.491 e. The Morgan fingerprint density at radius 1 is 1.00 bits per heavy atom. The summed E-state index contributed by atoms with van der Waals surface area (Å²) in [5, 5.41) is 4.12. The molecule has 2 rings (SSSR count). The number of hydrogen-bond donors (Lipinski definition) is 1. The molecule has 0 aliphatic heterocycles. The van der Waals surface area contributed by atoms with Gasteiger partial charge in [-0.25, -0.2) is 0 Å². The summed E-state index contributed by atoms with van der Waals surface area (Å²) < 4.78 is 10.8. The Labute approximate surface area is 130 Å². The standard InChI is InChI=1S/C17H20ClNO2/c1-2-20-11-12-21-16-9-7-15(8-10-16)19-13-14-5-3-4-6-17(14)18/h3-10,19H,2,11-13H2,1H3. The summed E-state index contributed by atoms with van der Waals surface area (Å²) in [6.07, 6.45) is 0. The highest BCUT2D eigenvalue weighted by molar-refractivity contribution is 6.31. The molecule has 1 N–H and O–H groups in total. The smallest absolute Gasteiger partial charge is 0.119 e.